The number of aromatic amines is 1. The third-order valence-corrected chi connectivity index (χ3v) is 6.25. The van der Waals surface area contributed by atoms with E-state index in [1.165, 1.54) is 4.57 Å². The largest absolute Gasteiger partial charge is 0.340 e. The van der Waals surface area contributed by atoms with Gasteiger partial charge in [0, 0.05) is 33.2 Å². The topological polar surface area (TPSA) is 79.2 Å². The van der Waals surface area contributed by atoms with Crippen molar-refractivity contribution in [2.45, 2.75) is 19.9 Å². The van der Waals surface area contributed by atoms with E-state index in [2.05, 4.69) is 21.7 Å². The Bertz CT molecular complexity index is 1190. The number of hydrogen-bond donors (Lipinski definition) is 1. The molecule has 160 valence electrons. The molecule has 0 spiro atoms. The summed E-state index contributed by atoms with van der Waals surface area (Å²) < 4.78 is 3.24. The Balaban J connectivity index is 1.80. The van der Waals surface area contributed by atoms with Crippen LogP contribution in [0.25, 0.3) is 11.2 Å². The minimum absolute atomic E-state index is 0.370. The molecule has 0 atom stereocenters. The highest BCUT2D eigenvalue weighted by Gasteiger charge is 2.25. The van der Waals surface area contributed by atoms with E-state index in [-0.39, 0.29) is 0 Å². The van der Waals surface area contributed by atoms with E-state index in [1.807, 2.05) is 10.6 Å². The van der Waals surface area contributed by atoms with Crippen LogP contribution in [0.1, 0.15) is 18.9 Å². The van der Waals surface area contributed by atoms with Crippen molar-refractivity contribution < 1.29 is 0 Å². The first-order valence-electron chi connectivity index (χ1n) is 9.99. The van der Waals surface area contributed by atoms with Gasteiger partial charge in [-0.05, 0) is 30.7 Å². The van der Waals surface area contributed by atoms with Crippen molar-refractivity contribution in [2.75, 3.05) is 37.6 Å². The van der Waals surface area contributed by atoms with Crippen LogP contribution in [-0.2, 0) is 13.6 Å². The summed E-state index contributed by atoms with van der Waals surface area (Å²) in [5.74, 6) is 0.680. The zero-order valence-electron chi connectivity index (χ0n) is 17.0. The van der Waals surface area contributed by atoms with Crippen molar-refractivity contribution >= 4 is 40.3 Å². The third kappa shape index (κ3) is 3.87. The molecule has 30 heavy (non-hydrogen) atoms. The van der Waals surface area contributed by atoms with E-state index in [0.29, 0.717) is 33.7 Å². The first-order valence-corrected chi connectivity index (χ1v) is 10.8. The fourth-order valence-electron chi connectivity index (χ4n) is 3.92. The van der Waals surface area contributed by atoms with Gasteiger partial charge in [0.25, 0.3) is 5.56 Å². The molecule has 0 unspecified atom stereocenters. The molecule has 4 rings (SSSR count). The number of piperazine rings is 1. The van der Waals surface area contributed by atoms with Gasteiger partial charge in [-0.3, -0.25) is 23.8 Å². The van der Waals surface area contributed by atoms with E-state index in [1.54, 1.807) is 19.2 Å². The predicted octanol–water partition coefficient (Wildman–Crippen LogP) is 2.31. The molecule has 0 amide bonds. The van der Waals surface area contributed by atoms with Crippen LogP contribution in [0, 0.1) is 0 Å². The summed E-state index contributed by atoms with van der Waals surface area (Å²) in [5, 5.41) is 0.929. The van der Waals surface area contributed by atoms with E-state index in [4.69, 9.17) is 28.2 Å². The van der Waals surface area contributed by atoms with E-state index < -0.39 is 11.2 Å². The number of halogens is 2. The number of imidazole rings is 1. The fraction of sp³-hybridized carbons (Fsp3) is 0.450. The molecule has 1 saturated heterocycles. The Morgan fingerprint density at radius 3 is 2.50 bits per heavy atom. The van der Waals surface area contributed by atoms with Crippen molar-refractivity contribution in [3.8, 4) is 0 Å². The van der Waals surface area contributed by atoms with Gasteiger partial charge in [-0.1, -0.05) is 36.2 Å². The van der Waals surface area contributed by atoms with Gasteiger partial charge in [-0.2, -0.15) is 4.98 Å². The molecule has 8 nitrogen and oxygen atoms in total. The van der Waals surface area contributed by atoms with Crippen molar-refractivity contribution in [3.05, 3.63) is 54.6 Å². The maximum absolute atomic E-state index is 12.7. The van der Waals surface area contributed by atoms with Gasteiger partial charge in [0.15, 0.2) is 11.2 Å². The van der Waals surface area contributed by atoms with Crippen LogP contribution in [0.2, 0.25) is 10.0 Å². The normalized spacial score (nSPS) is 15.3. The van der Waals surface area contributed by atoms with Crippen molar-refractivity contribution in [1.82, 2.24) is 24.0 Å². The molecule has 0 aliphatic carbocycles. The lowest BCUT2D eigenvalue weighted by molar-refractivity contribution is 0.257. The average molecular weight is 451 g/mol. The second-order valence-electron chi connectivity index (χ2n) is 7.57. The second kappa shape index (κ2) is 8.45. The van der Waals surface area contributed by atoms with Crippen LogP contribution >= 0.6 is 23.2 Å². The minimum Gasteiger partial charge on any atom is -0.340 e. The van der Waals surface area contributed by atoms with Crippen LogP contribution in [0.15, 0.2) is 27.8 Å². The molecule has 3 heterocycles. The van der Waals surface area contributed by atoms with Crippen LogP contribution in [0.4, 0.5) is 5.95 Å². The van der Waals surface area contributed by atoms with Crippen molar-refractivity contribution in [2.24, 2.45) is 7.05 Å². The Labute approximate surface area is 183 Å². The van der Waals surface area contributed by atoms with E-state index in [0.717, 1.165) is 44.7 Å². The molecular weight excluding hydrogens is 427 g/mol. The molecule has 1 N–H and O–H groups in total. The molecule has 0 radical (unpaired) electrons. The molecule has 3 aromatic rings. The molecule has 2 aromatic heterocycles. The number of anilines is 1. The summed E-state index contributed by atoms with van der Waals surface area (Å²) in [5.41, 5.74) is 0.703. The number of nitrogens with one attached hydrogen (secondary N) is 1. The smallest absolute Gasteiger partial charge is 0.329 e. The Morgan fingerprint density at radius 2 is 1.83 bits per heavy atom. The minimum atomic E-state index is -0.481. The molecule has 1 aromatic carbocycles. The van der Waals surface area contributed by atoms with Gasteiger partial charge in [0.05, 0.1) is 16.6 Å². The third-order valence-electron chi connectivity index (χ3n) is 5.51. The Hall–Kier alpha value is -2.29. The summed E-state index contributed by atoms with van der Waals surface area (Å²) in [6, 6.07) is 5.40. The lowest BCUT2D eigenvalue weighted by Gasteiger charge is -2.35. The number of fused-ring (bicyclic) bond motifs is 1. The lowest BCUT2D eigenvalue weighted by Crippen LogP contribution is -2.47. The number of H-pyrrole nitrogens is 1. The number of rotatable bonds is 5. The van der Waals surface area contributed by atoms with E-state index >= 15 is 0 Å². The monoisotopic (exact) mass is 450 g/mol. The second-order valence-corrected chi connectivity index (χ2v) is 8.38. The quantitative estimate of drug-likeness (QED) is 0.644. The van der Waals surface area contributed by atoms with Gasteiger partial charge < -0.3 is 4.90 Å². The number of aryl methyl sites for hydroxylation is 1. The van der Waals surface area contributed by atoms with Gasteiger partial charge in [-0.15, -0.1) is 0 Å². The summed E-state index contributed by atoms with van der Waals surface area (Å²) in [7, 11) is 1.61. The van der Waals surface area contributed by atoms with Crippen LogP contribution in [-0.4, -0.2) is 56.7 Å². The SMILES string of the molecule is CCCN1CCN(c2nc3c(c(=O)[nH]c(=O)n3C)n2Cc2ccc(Cl)c(Cl)c2)CC1. The van der Waals surface area contributed by atoms with Gasteiger partial charge >= 0.3 is 5.69 Å². The number of nitrogens with zero attached hydrogens (tertiary/aromatic N) is 5. The molecule has 1 aliphatic rings. The van der Waals surface area contributed by atoms with Gasteiger partial charge in [0.1, 0.15) is 0 Å². The summed E-state index contributed by atoms with van der Waals surface area (Å²) >= 11 is 12.3. The molecule has 10 heteroatoms. The van der Waals surface area contributed by atoms with Gasteiger partial charge in [-0.25, -0.2) is 4.79 Å². The highest BCUT2D eigenvalue weighted by Crippen LogP contribution is 2.26. The summed E-state index contributed by atoms with van der Waals surface area (Å²) in [6.45, 7) is 7.10. The predicted molar refractivity (Wildman–Crippen MR) is 120 cm³/mol. The number of benzene rings is 1. The van der Waals surface area contributed by atoms with Crippen molar-refractivity contribution in [3.63, 3.8) is 0 Å². The lowest BCUT2D eigenvalue weighted by atomic mass is 10.2. The zero-order valence-corrected chi connectivity index (χ0v) is 18.5. The summed E-state index contributed by atoms with van der Waals surface area (Å²) in [4.78, 5) is 36.5. The number of aromatic nitrogens is 4. The zero-order chi connectivity index (χ0) is 21.4. The fourth-order valence-corrected chi connectivity index (χ4v) is 4.24. The Kier molecular flexibility index (Phi) is 5.90. The standard InChI is InChI=1S/C20H24Cl2N6O2/c1-3-6-26-7-9-27(10-8-26)19-23-17-16(18(29)24-20(30)25(17)2)28(19)12-13-4-5-14(21)15(22)11-13/h4-5,11H,3,6-10,12H2,1-2H3,(H,24,29,30). The van der Waals surface area contributed by atoms with Crippen LogP contribution in [0.3, 0.4) is 0 Å². The summed E-state index contributed by atoms with van der Waals surface area (Å²) in [6.07, 6.45) is 1.12. The average Bonchev–Trinajstić information content (AvgIpc) is 3.10. The molecule has 0 saturated carbocycles. The number of hydrogen-bond acceptors (Lipinski definition) is 5. The van der Waals surface area contributed by atoms with Gasteiger partial charge in [0.2, 0.25) is 5.95 Å². The van der Waals surface area contributed by atoms with E-state index in [9.17, 15) is 9.59 Å². The highest BCUT2D eigenvalue weighted by molar-refractivity contribution is 6.42. The molecular formula is C20H24Cl2N6O2. The molecule has 1 fully saturated rings. The maximum atomic E-state index is 12.7. The maximum Gasteiger partial charge on any atom is 0.329 e. The first-order chi connectivity index (χ1) is 14.4. The van der Waals surface area contributed by atoms with Crippen LogP contribution < -0.4 is 16.1 Å². The molecule has 1 aliphatic heterocycles. The molecule has 0 bridgehead atoms. The first kappa shape index (κ1) is 21.0. The Morgan fingerprint density at radius 1 is 1.10 bits per heavy atom. The highest BCUT2D eigenvalue weighted by atomic mass is 35.5. The van der Waals surface area contributed by atoms with Crippen LogP contribution in [0.5, 0.6) is 0 Å². The van der Waals surface area contributed by atoms with Crippen molar-refractivity contribution in [1.29, 1.82) is 0 Å².